The molecular weight excluding hydrogens is 316 g/mol. The minimum absolute atomic E-state index is 0.172. The summed E-state index contributed by atoms with van der Waals surface area (Å²) in [6.07, 6.45) is 1.63. The lowest BCUT2D eigenvalue weighted by molar-refractivity contribution is 0.876. The zero-order valence-corrected chi connectivity index (χ0v) is 14.7. The third kappa shape index (κ3) is 2.51. The van der Waals surface area contributed by atoms with E-state index in [-0.39, 0.29) is 6.04 Å². The van der Waals surface area contributed by atoms with Gasteiger partial charge in [-0.15, -0.1) is 11.3 Å². The van der Waals surface area contributed by atoms with Crippen molar-refractivity contribution >= 4 is 37.6 Å². The molecule has 1 N–H and O–H groups in total. The highest BCUT2D eigenvalue weighted by Gasteiger charge is 2.16. The fraction of sp³-hybridized carbons (Fsp3) is 0.211. The normalized spacial score (nSPS) is 12.6. The third-order valence-electron chi connectivity index (χ3n) is 4.20. The van der Waals surface area contributed by atoms with Crippen molar-refractivity contribution < 1.29 is 0 Å². The molecule has 4 rings (SSSR count). The van der Waals surface area contributed by atoms with Crippen molar-refractivity contribution in [3.8, 4) is 0 Å². The first kappa shape index (κ1) is 15.0. The molecule has 0 spiro atoms. The fourth-order valence-corrected chi connectivity index (χ4v) is 4.24. The van der Waals surface area contributed by atoms with Crippen molar-refractivity contribution in [1.29, 1.82) is 0 Å². The molecule has 0 aliphatic carbocycles. The summed E-state index contributed by atoms with van der Waals surface area (Å²) in [7, 11) is 0. The molecule has 0 saturated carbocycles. The Morgan fingerprint density at radius 3 is 2.67 bits per heavy atom. The Balaban J connectivity index is 1.83. The summed E-state index contributed by atoms with van der Waals surface area (Å²) < 4.78 is 1.07. The SMILES string of the molecule is Cc1cc(C)c2c(n1)sc1c(NC(C)c3ccccc3)ncnc12. The number of anilines is 1. The standard InChI is InChI=1S/C19H18N4S/c1-11-9-12(2)22-19-15(11)16-17(24-19)18(21-10-20-16)23-13(3)14-7-5-4-6-8-14/h4-10,13H,1-3H3,(H,20,21,23). The zero-order chi connectivity index (χ0) is 16.7. The summed E-state index contributed by atoms with van der Waals surface area (Å²) in [6.45, 7) is 6.29. The molecule has 0 radical (unpaired) electrons. The van der Waals surface area contributed by atoms with Crippen LogP contribution >= 0.6 is 11.3 Å². The van der Waals surface area contributed by atoms with Gasteiger partial charge in [0.15, 0.2) is 0 Å². The number of rotatable bonds is 3. The number of hydrogen-bond acceptors (Lipinski definition) is 5. The molecule has 1 unspecified atom stereocenters. The van der Waals surface area contributed by atoms with Crippen LogP contribution in [0.3, 0.4) is 0 Å². The molecule has 3 aromatic heterocycles. The van der Waals surface area contributed by atoms with Gasteiger partial charge in [-0.05, 0) is 38.0 Å². The quantitative estimate of drug-likeness (QED) is 0.571. The van der Waals surface area contributed by atoms with E-state index in [9.17, 15) is 0 Å². The Hall–Kier alpha value is -2.53. The molecule has 0 bridgehead atoms. The molecule has 0 aliphatic heterocycles. The van der Waals surface area contributed by atoms with Crippen molar-refractivity contribution in [2.24, 2.45) is 0 Å². The van der Waals surface area contributed by atoms with Gasteiger partial charge in [0.05, 0.1) is 10.2 Å². The van der Waals surface area contributed by atoms with Gasteiger partial charge >= 0.3 is 0 Å². The average Bonchev–Trinajstić information content (AvgIpc) is 2.95. The minimum Gasteiger partial charge on any atom is -0.362 e. The summed E-state index contributed by atoms with van der Waals surface area (Å²) in [4.78, 5) is 14.7. The number of pyridine rings is 1. The molecule has 120 valence electrons. The van der Waals surface area contributed by atoms with Crippen LogP contribution in [0.4, 0.5) is 5.82 Å². The van der Waals surface area contributed by atoms with E-state index in [0.717, 1.165) is 31.9 Å². The molecule has 1 atom stereocenters. The molecule has 4 nitrogen and oxygen atoms in total. The van der Waals surface area contributed by atoms with Gasteiger partial charge in [0.25, 0.3) is 0 Å². The summed E-state index contributed by atoms with van der Waals surface area (Å²) in [5, 5.41) is 4.67. The molecule has 4 aromatic rings. The van der Waals surface area contributed by atoms with Crippen LogP contribution in [0, 0.1) is 13.8 Å². The molecule has 0 saturated heterocycles. The first-order valence-corrected chi connectivity index (χ1v) is 8.78. The molecule has 0 fully saturated rings. The van der Waals surface area contributed by atoms with Gasteiger partial charge < -0.3 is 5.32 Å². The van der Waals surface area contributed by atoms with E-state index in [1.54, 1.807) is 17.7 Å². The number of benzene rings is 1. The first-order chi connectivity index (χ1) is 11.6. The number of thiophene rings is 1. The van der Waals surface area contributed by atoms with Crippen LogP contribution in [-0.2, 0) is 0 Å². The maximum absolute atomic E-state index is 4.68. The van der Waals surface area contributed by atoms with Gasteiger partial charge in [0.2, 0.25) is 0 Å². The molecule has 3 heterocycles. The van der Waals surface area contributed by atoms with Gasteiger partial charge in [-0.2, -0.15) is 0 Å². The van der Waals surface area contributed by atoms with Crippen molar-refractivity contribution in [3.63, 3.8) is 0 Å². The Morgan fingerprint density at radius 2 is 1.88 bits per heavy atom. The summed E-state index contributed by atoms with van der Waals surface area (Å²) in [6, 6.07) is 12.7. The minimum atomic E-state index is 0.172. The Kier molecular flexibility index (Phi) is 3.65. The molecule has 24 heavy (non-hydrogen) atoms. The molecule has 0 amide bonds. The lowest BCUT2D eigenvalue weighted by Crippen LogP contribution is -2.07. The monoisotopic (exact) mass is 334 g/mol. The average molecular weight is 334 g/mol. The smallest absolute Gasteiger partial charge is 0.148 e. The predicted molar refractivity (Wildman–Crippen MR) is 101 cm³/mol. The highest BCUT2D eigenvalue weighted by atomic mass is 32.1. The van der Waals surface area contributed by atoms with Gasteiger partial charge in [-0.1, -0.05) is 30.3 Å². The number of aromatic nitrogens is 3. The van der Waals surface area contributed by atoms with E-state index >= 15 is 0 Å². The number of hydrogen-bond donors (Lipinski definition) is 1. The second-order valence-electron chi connectivity index (χ2n) is 6.04. The summed E-state index contributed by atoms with van der Waals surface area (Å²) >= 11 is 1.66. The van der Waals surface area contributed by atoms with Crippen LogP contribution in [0.25, 0.3) is 20.4 Å². The predicted octanol–water partition coefficient (Wildman–Crippen LogP) is 5.03. The Labute approximate surface area is 144 Å². The lowest BCUT2D eigenvalue weighted by Gasteiger charge is -2.15. The van der Waals surface area contributed by atoms with Gasteiger partial charge in [-0.25, -0.2) is 15.0 Å². The van der Waals surface area contributed by atoms with Gasteiger partial charge in [0.1, 0.15) is 17.0 Å². The van der Waals surface area contributed by atoms with Crippen molar-refractivity contribution in [3.05, 3.63) is 59.5 Å². The number of nitrogens with one attached hydrogen (secondary N) is 1. The van der Waals surface area contributed by atoms with E-state index in [0.29, 0.717) is 0 Å². The van der Waals surface area contributed by atoms with E-state index in [4.69, 9.17) is 0 Å². The van der Waals surface area contributed by atoms with Crippen molar-refractivity contribution in [2.45, 2.75) is 26.8 Å². The van der Waals surface area contributed by atoms with E-state index in [2.05, 4.69) is 64.4 Å². The van der Waals surface area contributed by atoms with Crippen molar-refractivity contribution in [1.82, 2.24) is 15.0 Å². The van der Waals surface area contributed by atoms with Crippen LogP contribution in [-0.4, -0.2) is 15.0 Å². The highest BCUT2D eigenvalue weighted by Crippen LogP contribution is 2.37. The van der Waals surface area contributed by atoms with E-state index < -0.39 is 0 Å². The van der Waals surface area contributed by atoms with Gasteiger partial charge in [0, 0.05) is 17.1 Å². The second kappa shape index (κ2) is 5.83. The first-order valence-electron chi connectivity index (χ1n) is 7.96. The number of nitrogens with zero attached hydrogens (tertiary/aromatic N) is 3. The highest BCUT2D eigenvalue weighted by molar-refractivity contribution is 7.26. The maximum Gasteiger partial charge on any atom is 0.148 e. The van der Waals surface area contributed by atoms with E-state index in [1.807, 2.05) is 13.0 Å². The van der Waals surface area contributed by atoms with Crippen LogP contribution in [0.2, 0.25) is 0 Å². The molecule has 5 heteroatoms. The third-order valence-corrected chi connectivity index (χ3v) is 5.28. The summed E-state index contributed by atoms with van der Waals surface area (Å²) in [5.41, 5.74) is 4.46. The van der Waals surface area contributed by atoms with Crippen LogP contribution in [0.1, 0.15) is 29.8 Å². The fourth-order valence-electron chi connectivity index (χ4n) is 3.04. The number of fused-ring (bicyclic) bond motifs is 3. The van der Waals surface area contributed by atoms with Crippen LogP contribution in [0.15, 0.2) is 42.7 Å². The topological polar surface area (TPSA) is 50.7 Å². The zero-order valence-electron chi connectivity index (χ0n) is 13.9. The van der Waals surface area contributed by atoms with Gasteiger partial charge in [-0.3, -0.25) is 0 Å². The Morgan fingerprint density at radius 1 is 1.08 bits per heavy atom. The molecule has 0 aliphatic rings. The van der Waals surface area contributed by atoms with Crippen LogP contribution in [0.5, 0.6) is 0 Å². The summed E-state index contributed by atoms with van der Waals surface area (Å²) in [5.74, 6) is 0.872. The van der Waals surface area contributed by atoms with Crippen LogP contribution < -0.4 is 5.32 Å². The largest absolute Gasteiger partial charge is 0.362 e. The second-order valence-corrected chi connectivity index (χ2v) is 7.04. The Bertz CT molecular complexity index is 1020. The lowest BCUT2D eigenvalue weighted by atomic mass is 10.1. The maximum atomic E-state index is 4.68. The molecule has 1 aromatic carbocycles. The van der Waals surface area contributed by atoms with E-state index in [1.165, 1.54) is 11.1 Å². The molecular formula is C19H18N4S. The van der Waals surface area contributed by atoms with Crippen molar-refractivity contribution in [2.75, 3.05) is 5.32 Å². The number of aryl methyl sites for hydroxylation is 2.